The first-order valence-corrected chi connectivity index (χ1v) is 24.3. The number of esters is 1. The average molecular weight is 933 g/mol. The van der Waals surface area contributed by atoms with E-state index < -0.39 is 109 Å². The highest BCUT2D eigenvalue weighted by molar-refractivity contribution is 5.78. The Kier molecular flexibility index (Phi) is 16.0. The van der Waals surface area contributed by atoms with Gasteiger partial charge in [0.1, 0.15) is 42.0 Å². The third-order valence-corrected chi connectivity index (χ3v) is 15.8. The van der Waals surface area contributed by atoms with Gasteiger partial charge in [-0.1, -0.05) is 44.2 Å². The summed E-state index contributed by atoms with van der Waals surface area (Å²) in [7, 11) is 4.79. The van der Waals surface area contributed by atoms with Crippen molar-refractivity contribution in [2.24, 2.45) is 23.7 Å². The Morgan fingerprint density at radius 1 is 0.803 bits per heavy atom. The van der Waals surface area contributed by atoms with E-state index in [9.17, 15) is 20.1 Å². The molecule has 1 spiro atoms. The van der Waals surface area contributed by atoms with Crippen LogP contribution in [0, 0.1) is 23.7 Å². The highest BCUT2D eigenvalue weighted by Crippen LogP contribution is 2.49. The summed E-state index contributed by atoms with van der Waals surface area (Å²) in [5.74, 6) is -3.00. The summed E-state index contributed by atoms with van der Waals surface area (Å²) in [6, 6.07) is 0. The van der Waals surface area contributed by atoms with Crippen LogP contribution in [0.15, 0.2) is 47.1 Å². The second kappa shape index (κ2) is 21.1. The van der Waals surface area contributed by atoms with Gasteiger partial charge >= 0.3 is 5.97 Å². The molecular weight excluding hydrogens is 857 g/mol. The van der Waals surface area contributed by atoms with Crippen molar-refractivity contribution in [3.05, 3.63) is 47.1 Å². The lowest BCUT2D eigenvalue weighted by Gasteiger charge is -2.53. The van der Waals surface area contributed by atoms with Crippen molar-refractivity contribution < 1.29 is 77.0 Å². The number of rotatable bonds is 8. The number of aliphatic hydroxyl groups is 3. The van der Waals surface area contributed by atoms with Crippen LogP contribution < -0.4 is 0 Å². The maximum Gasteiger partial charge on any atom is 0.316 e. The van der Waals surface area contributed by atoms with E-state index in [0.29, 0.717) is 44.5 Å². The number of allylic oxidation sites excluding steroid dienone is 2. The number of hydrogen-bond donors (Lipinski definition) is 3. The van der Waals surface area contributed by atoms with Gasteiger partial charge in [-0.05, 0) is 69.6 Å². The Bertz CT molecular complexity index is 1800. The molecule has 66 heavy (non-hydrogen) atoms. The third-order valence-electron chi connectivity index (χ3n) is 15.8. The molecular formula is C50H76O16. The largest absolute Gasteiger partial charge is 0.462 e. The van der Waals surface area contributed by atoms with Gasteiger partial charge in [0.25, 0.3) is 0 Å². The molecule has 0 aromatic rings. The van der Waals surface area contributed by atoms with Crippen LogP contribution in [0.4, 0.5) is 0 Å². The number of carbonyl (C=O) groups is 1. The minimum absolute atomic E-state index is 0.0937. The van der Waals surface area contributed by atoms with E-state index in [1.54, 1.807) is 34.3 Å². The topological polar surface area (TPSA) is 189 Å². The number of ether oxygens (including phenoxy) is 12. The van der Waals surface area contributed by atoms with E-state index in [2.05, 4.69) is 13.0 Å². The van der Waals surface area contributed by atoms with E-state index in [1.807, 2.05) is 45.9 Å². The molecule has 0 amide bonds. The number of fused-ring (bicyclic) bond motifs is 2. The lowest BCUT2D eigenvalue weighted by atomic mass is 9.70. The summed E-state index contributed by atoms with van der Waals surface area (Å²) in [6.45, 7) is 13.1. The van der Waals surface area contributed by atoms with Crippen molar-refractivity contribution in [1.82, 2.24) is 0 Å². The van der Waals surface area contributed by atoms with E-state index in [4.69, 9.17) is 56.8 Å². The van der Waals surface area contributed by atoms with Crippen LogP contribution in [0.25, 0.3) is 0 Å². The van der Waals surface area contributed by atoms with Crippen molar-refractivity contribution in [3.8, 4) is 0 Å². The molecule has 6 saturated heterocycles. The molecule has 8 rings (SSSR count). The van der Waals surface area contributed by atoms with E-state index >= 15 is 0 Å². The molecule has 8 aliphatic rings. The minimum atomic E-state index is -1.75. The van der Waals surface area contributed by atoms with Crippen LogP contribution in [0.2, 0.25) is 0 Å². The highest BCUT2D eigenvalue weighted by atomic mass is 16.7. The zero-order chi connectivity index (χ0) is 47.1. The Balaban J connectivity index is 1.09. The van der Waals surface area contributed by atoms with Gasteiger partial charge in [-0.15, -0.1) is 0 Å². The first-order valence-electron chi connectivity index (χ1n) is 24.3. The predicted octanol–water partition coefficient (Wildman–Crippen LogP) is 4.61. The Morgan fingerprint density at radius 3 is 2.24 bits per heavy atom. The molecule has 20 atom stereocenters. The fraction of sp³-hybridized carbons (Fsp3) is 0.820. The zero-order valence-electron chi connectivity index (χ0n) is 40.3. The van der Waals surface area contributed by atoms with Crippen LogP contribution in [-0.2, 0) is 61.6 Å². The van der Waals surface area contributed by atoms with Gasteiger partial charge in [0, 0.05) is 78.5 Å². The molecule has 0 aromatic heterocycles. The predicted molar refractivity (Wildman–Crippen MR) is 238 cm³/mol. The third kappa shape index (κ3) is 10.2. The summed E-state index contributed by atoms with van der Waals surface area (Å²) < 4.78 is 75.9. The zero-order valence-corrected chi connectivity index (χ0v) is 40.3. The van der Waals surface area contributed by atoms with Crippen molar-refractivity contribution in [1.29, 1.82) is 0 Å². The Labute approximate surface area is 390 Å². The lowest BCUT2D eigenvalue weighted by Crippen LogP contribution is -2.60. The molecule has 2 unspecified atom stereocenters. The molecule has 1 aliphatic carbocycles. The first kappa shape index (κ1) is 50.3. The molecule has 16 heteroatoms. The van der Waals surface area contributed by atoms with Crippen LogP contribution in [-0.4, -0.2) is 166 Å². The maximum absolute atomic E-state index is 14.6. The van der Waals surface area contributed by atoms with Gasteiger partial charge in [-0.2, -0.15) is 0 Å². The molecule has 2 bridgehead atoms. The van der Waals surface area contributed by atoms with E-state index in [1.165, 1.54) is 0 Å². The fourth-order valence-corrected chi connectivity index (χ4v) is 12.0. The first-order chi connectivity index (χ1) is 31.6. The van der Waals surface area contributed by atoms with Gasteiger partial charge < -0.3 is 72.2 Å². The molecule has 6 fully saturated rings. The minimum Gasteiger partial charge on any atom is -0.462 e. The smallest absolute Gasteiger partial charge is 0.316 e. The molecule has 0 aromatic carbocycles. The summed E-state index contributed by atoms with van der Waals surface area (Å²) >= 11 is 0. The molecule has 0 radical (unpaired) electrons. The fourth-order valence-electron chi connectivity index (χ4n) is 12.0. The van der Waals surface area contributed by atoms with Crippen LogP contribution in [0.3, 0.4) is 0 Å². The summed E-state index contributed by atoms with van der Waals surface area (Å²) in [5, 5.41) is 35.0. The van der Waals surface area contributed by atoms with Crippen LogP contribution >= 0.6 is 0 Å². The quantitative estimate of drug-likeness (QED) is 0.226. The summed E-state index contributed by atoms with van der Waals surface area (Å²) in [5.41, 5.74) is 0.502. The lowest BCUT2D eigenvalue weighted by molar-refractivity contribution is -0.356. The Morgan fingerprint density at radius 2 is 1.52 bits per heavy atom. The van der Waals surface area contributed by atoms with Gasteiger partial charge in [-0.3, -0.25) is 4.79 Å². The van der Waals surface area contributed by atoms with Crippen LogP contribution in [0.1, 0.15) is 92.9 Å². The molecule has 3 N–H and O–H groups in total. The molecule has 372 valence electrons. The van der Waals surface area contributed by atoms with Gasteiger partial charge in [-0.25, -0.2) is 0 Å². The van der Waals surface area contributed by atoms with Gasteiger partial charge in [0.15, 0.2) is 18.4 Å². The van der Waals surface area contributed by atoms with E-state index in [0.717, 1.165) is 24.0 Å². The van der Waals surface area contributed by atoms with Crippen LogP contribution in [0.5, 0.6) is 0 Å². The van der Waals surface area contributed by atoms with Crippen molar-refractivity contribution in [2.45, 2.75) is 196 Å². The van der Waals surface area contributed by atoms with E-state index in [-0.39, 0.29) is 43.3 Å². The number of aliphatic hydroxyl groups excluding tert-OH is 2. The normalized spacial score (nSPS) is 48.7. The summed E-state index contributed by atoms with van der Waals surface area (Å²) in [6.07, 6.45) is 5.06. The van der Waals surface area contributed by atoms with Gasteiger partial charge in [0.05, 0.1) is 55.4 Å². The van der Waals surface area contributed by atoms with Gasteiger partial charge in [0.2, 0.25) is 0 Å². The maximum atomic E-state index is 14.6. The molecule has 0 saturated carbocycles. The highest BCUT2D eigenvalue weighted by Gasteiger charge is 2.61. The number of carbonyl (C=O) groups excluding carboxylic acids is 1. The monoisotopic (exact) mass is 933 g/mol. The second-order valence-electron chi connectivity index (χ2n) is 20.2. The number of hydrogen-bond acceptors (Lipinski definition) is 16. The second-order valence-corrected chi connectivity index (χ2v) is 20.2. The van der Waals surface area contributed by atoms with Crippen molar-refractivity contribution >= 4 is 5.97 Å². The van der Waals surface area contributed by atoms with Crippen molar-refractivity contribution in [3.63, 3.8) is 0 Å². The summed E-state index contributed by atoms with van der Waals surface area (Å²) in [4.78, 5) is 14.6. The number of methoxy groups -OCH3 is 3. The van der Waals surface area contributed by atoms with Crippen molar-refractivity contribution in [2.75, 3.05) is 41.2 Å². The molecule has 7 aliphatic heterocycles. The SMILES string of the molecule is CO[C@H]1C[C@H](O[C@H]2[C@H](C)O[C@@H](O[C@@H]3/C(C)=C\C[C@@H]4C[C@@H](C[C@]5(CC(O)[C@H](C)C(C6CCOCC6)O5)O4)OC(=O)[C@@H]4C=C(C)[C@@H](OC)[C@H]5OCC(=C/C=C\[C@@H]3C)[C@]54O)C[C@@H]2OC)O[C@@H](C)[C@@H]1O. The molecule has 7 heterocycles. The average Bonchev–Trinajstić information content (AvgIpc) is 3.63. The Hall–Kier alpha value is -2.13. The standard InChI is InChI=1S/C50H76O16/c1-26-11-10-12-33-25-59-47-44(57-9)28(3)19-36(50(33,47)54)48(53)62-35-20-34(65-49(23-35)24-37(51)29(4)45(66-49)32-15-17-58-18-16-32)14-13-27(2)43(26)63-41-22-39(56-8)46(31(6)61-41)64-40-21-38(55-7)42(52)30(5)60-40/h10-13,19,26,29-32,34-47,51-52,54H,14-18,20-25H2,1-9H3/b11-10-,27-13-,33-12?/t26-,29-,30-,31-,34+,35-,36-,37?,38-,39-,40-,41-,42-,43-,44+,45?,46-,47+,49-,50+/m0/s1. The molecule has 16 nitrogen and oxygen atoms in total.